The second-order valence-electron chi connectivity index (χ2n) is 13.2. The molecule has 0 fully saturated rings. The number of para-hydroxylation sites is 3. The van der Waals surface area contributed by atoms with E-state index in [9.17, 15) is 0 Å². The van der Waals surface area contributed by atoms with Crippen molar-refractivity contribution in [3.63, 3.8) is 0 Å². The average Bonchev–Trinajstić information content (AvgIpc) is 3.98. The Morgan fingerprint density at radius 3 is 1.69 bits per heavy atom. The molecule has 12 rings (SSSR count). The van der Waals surface area contributed by atoms with E-state index in [1.54, 1.807) is 0 Å². The van der Waals surface area contributed by atoms with Crippen LogP contribution in [0.3, 0.4) is 0 Å². The van der Waals surface area contributed by atoms with Gasteiger partial charge in [0.25, 0.3) is 0 Å². The molecule has 0 radical (unpaired) electrons. The van der Waals surface area contributed by atoms with Crippen LogP contribution in [0.5, 0.6) is 0 Å². The molecule has 5 aromatic heterocycles. The molecule has 6 nitrogen and oxygen atoms in total. The van der Waals surface area contributed by atoms with Crippen molar-refractivity contribution in [1.29, 1.82) is 0 Å². The number of hydrogen-bond donors (Lipinski definition) is 0. The molecular formula is C45H26N4O2. The number of benzene rings is 7. The normalized spacial score (nSPS) is 12.3. The average molecular weight is 655 g/mol. The fraction of sp³-hybridized carbons (Fsp3) is 0. The van der Waals surface area contributed by atoms with Crippen molar-refractivity contribution in [2.75, 3.05) is 0 Å². The van der Waals surface area contributed by atoms with Gasteiger partial charge < -0.3 is 8.83 Å². The van der Waals surface area contributed by atoms with Crippen LogP contribution >= 0.6 is 0 Å². The molecule has 0 N–H and O–H groups in total. The maximum absolute atomic E-state index is 6.22. The third-order valence-corrected chi connectivity index (χ3v) is 10.5. The molecule has 51 heavy (non-hydrogen) atoms. The molecule has 12 aromatic rings. The van der Waals surface area contributed by atoms with Gasteiger partial charge in [0.15, 0.2) is 5.65 Å². The van der Waals surface area contributed by atoms with Crippen molar-refractivity contribution in [2.24, 2.45) is 0 Å². The van der Waals surface area contributed by atoms with Crippen LogP contribution in [0.15, 0.2) is 167 Å². The van der Waals surface area contributed by atoms with Gasteiger partial charge in [0, 0.05) is 32.6 Å². The third-order valence-electron chi connectivity index (χ3n) is 10.5. The molecule has 6 heteroatoms. The van der Waals surface area contributed by atoms with Crippen LogP contribution in [-0.4, -0.2) is 18.5 Å². The molecule has 238 valence electrons. The van der Waals surface area contributed by atoms with Gasteiger partial charge in [0.1, 0.15) is 27.8 Å². The largest absolute Gasteiger partial charge is 0.456 e. The molecular weight excluding hydrogens is 629 g/mol. The highest BCUT2D eigenvalue weighted by Crippen LogP contribution is 2.40. The van der Waals surface area contributed by atoms with Gasteiger partial charge in [0.2, 0.25) is 5.78 Å². The summed E-state index contributed by atoms with van der Waals surface area (Å²) in [6.45, 7) is 0. The Morgan fingerprint density at radius 1 is 0.392 bits per heavy atom. The lowest BCUT2D eigenvalue weighted by Gasteiger charge is -2.08. The number of rotatable bonds is 3. The van der Waals surface area contributed by atoms with E-state index in [0.29, 0.717) is 0 Å². The van der Waals surface area contributed by atoms with Gasteiger partial charge in [-0.3, -0.25) is 13.5 Å². The monoisotopic (exact) mass is 654 g/mol. The van der Waals surface area contributed by atoms with Gasteiger partial charge in [0.05, 0.1) is 22.2 Å². The summed E-state index contributed by atoms with van der Waals surface area (Å²) in [4.78, 5) is 5.55. The highest BCUT2D eigenvalue weighted by molar-refractivity contribution is 6.11. The summed E-state index contributed by atoms with van der Waals surface area (Å²) in [5, 5.41) is 5.50. The molecule has 0 aliphatic carbocycles. The van der Waals surface area contributed by atoms with Crippen LogP contribution in [0.4, 0.5) is 0 Å². The summed E-state index contributed by atoms with van der Waals surface area (Å²) in [6.07, 6.45) is 0. The molecule has 0 saturated heterocycles. The summed E-state index contributed by atoms with van der Waals surface area (Å²) >= 11 is 0. The highest BCUT2D eigenvalue weighted by atomic mass is 16.3. The minimum atomic E-state index is 0.849. The Morgan fingerprint density at radius 2 is 0.980 bits per heavy atom. The summed E-state index contributed by atoms with van der Waals surface area (Å²) in [5.74, 6) is 0.849. The Hall–Kier alpha value is -7.05. The van der Waals surface area contributed by atoms with Crippen molar-refractivity contribution >= 4 is 82.8 Å². The van der Waals surface area contributed by atoms with Crippen molar-refractivity contribution < 1.29 is 8.83 Å². The number of hydrogen-bond acceptors (Lipinski definition) is 3. The number of nitrogens with zero attached hydrogens (tertiary/aromatic N) is 4. The molecule has 0 aliphatic rings. The number of furan rings is 2. The van der Waals surface area contributed by atoms with Gasteiger partial charge in [-0.15, -0.1) is 0 Å². The van der Waals surface area contributed by atoms with Gasteiger partial charge in [-0.1, -0.05) is 91.0 Å². The zero-order chi connectivity index (χ0) is 33.2. The lowest BCUT2D eigenvalue weighted by molar-refractivity contribution is 0.668. The molecule has 7 aromatic carbocycles. The smallest absolute Gasteiger partial charge is 0.222 e. The van der Waals surface area contributed by atoms with E-state index < -0.39 is 0 Å². The molecule has 0 amide bonds. The second kappa shape index (κ2) is 9.77. The number of imidazole rings is 2. The van der Waals surface area contributed by atoms with Crippen molar-refractivity contribution in [3.8, 4) is 22.5 Å². The van der Waals surface area contributed by atoms with E-state index >= 15 is 0 Å². The standard InChI is InChI=1S/C45H26N4O2/c1-2-10-27(11-3-1)28-18-21-37-38(24-28)49-43-33-14-4-7-15-36(33)47(29-19-22-41-34(25-29)31-12-5-8-16-39(31)50-41)44(43)46-45(49)48(37)30-20-23-42-35(26-30)32-13-6-9-17-40(32)51-42/h1-26H. The molecule has 0 atom stereocenters. The molecule has 5 heterocycles. The summed E-state index contributed by atoms with van der Waals surface area (Å²) in [5.41, 5.74) is 13.1. The zero-order valence-electron chi connectivity index (χ0n) is 27.1. The molecule has 0 spiro atoms. The maximum atomic E-state index is 6.22. The summed E-state index contributed by atoms with van der Waals surface area (Å²) in [7, 11) is 0. The van der Waals surface area contributed by atoms with E-state index in [0.717, 1.165) is 99.7 Å². The van der Waals surface area contributed by atoms with Gasteiger partial charge in [-0.25, -0.2) is 0 Å². The van der Waals surface area contributed by atoms with Crippen LogP contribution in [0, 0.1) is 0 Å². The minimum Gasteiger partial charge on any atom is -0.456 e. The topological polar surface area (TPSA) is 53.4 Å². The van der Waals surface area contributed by atoms with Crippen molar-refractivity contribution in [2.45, 2.75) is 0 Å². The fourth-order valence-electron chi connectivity index (χ4n) is 8.19. The predicted octanol–water partition coefficient (Wildman–Crippen LogP) is 11.8. The fourth-order valence-corrected chi connectivity index (χ4v) is 8.19. The zero-order valence-corrected chi connectivity index (χ0v) is 27.1. The predicted molar refractivity (Wildman–Crippen MR) is 206 cm³/mol. The van der Waals surface area contributed by atoms with Gasteiger partial charge in [-0.05, 0) is 77.9 Å². The van der Waals surface area contributed by atoms with Crippen LogP contribution < -0.4 is 0 Å². The first-order chi connectivity index (χ1) is 25.3. The van der Waals surface area contributed by atoms with Crippen LogP contribution in [-0.2, 0) is 0 Å². The minimum absolute atomic E-state index is 0.849. The van der Waals surface area contributed by atoms with E-state index in [-0.39, 0.29) is 0 Å². The summed E-state index contributed by atoms with van der Waals surface area (Å²) in [6, 6.07) is 55.3. The van der Waals surface area contributed by atoms with Gasteiger partial charge >= 0.3 is 0 Å². The first-order valence-electron chi connectivity index (χ1n) is 17.1. The lowest BCUT2D eigenvalue weighted by atomic mass is 10.1. The first-order valence-corrected chi connectivity index (χ1v) is 17.1. The van der Waals surface area contributed by atoms with E-state index in [4.69, 9.17) is 13.8 Å². The van der Waals surface area contributed by atoms with Crippen molar-refractivity contribution in [1.82, 2.24) is 18.5 Å². The van der Waals surface area contributed by atoms with E-state index in [1.807, 2.05) is 24.3 Å². The highest BCUT2D eigenvalue weighted by Gasteiger charge is 2.25. The van der Waals surface area contributed by atoms with E-state index in [2.05, 4.69) is 147 Å². The maximum Gasteiger partial charge on any atom is 0.222 e. The molecule has 0 unspecified atom stereocenters. The van der Waals surface area contributed by atoms with Crippen LogP contribution in [0.2, 0.25) is 0 Å². The van der Waals surface area contributed by atoms with Crippen molar-refractivity contribution in [3.05, 3.63) is 158 Å². The Balaban J connectivity index is 1.21. The van der Waals surface area contributed by atoms with Crippen LogP contribution in [0.25, 0.3) is 105 Å². The van der Waals surface area contributed by atoms with Crippen LogP contribution in [0.1, 0.15) is 0 Å². The van der Waals surface area contributed by atoms with E-state index in [1.165, 1.54) is 5.56 Å². The Bertz CT molecular complexity index is 3370. The number of fused-ring (bicyclic) bond motifs is 13. The summed E-state index contributed by atoms with van der Waals surface area (Å²) < 4.78 is 19.4. The third kappa shape index (κ3) is 3.63. The molecule has 0 bridgehead atoms. The first kappa shape index (κ1) is 26.9. The Labute approximate surface area is 289 Å². The quantitative estimate of drug-likeness (QED) is 0.190. The second-order valence-corrected chi connectivity index (χ2v) is 13.2. The molecule has 0 aliphatic heterocycles. The molecule has 0 saturated carbocycles. The Kier molecular flexibility index (Phi) is 5.14. The van der Waals surface area contributed by atoms with Gasteiger partial charge in [-0.2, -0.15) is 4.98 Å². The SMILES string of the molecule is c1ccc(-c2ccc3c(c2)n2c4c5ccccc5n(-c5ccc6oc7ccccc7c6c5)c4nc2n3-c2ccc3oc4ccccc4c3c2)cc1. The number of aromatic nitrogens is 4. The lowest BCUT2D eigenvalue weighted by Crippen LogP contribution is -1.97.